The SMILES string of the molecule is CC(C)N1CCN(C2CSC2)CC1. The monoisotopic (exact) mass is 200 g/mol. The minimum atomic E-state index is 0.734. The second-order valence-electron chi connectivity index (χ2n) is 4.36. The van der Waals surface area contributed by atoms with Crippen molar-refractivity contribution < 1.29 is 0 Å². The van der Waals surface area contributed by atoms with Crippen LogP contribution < -0.4 is 0 Å². The third kappa shape index (κ3) is 2.20. The molecule has 0 N–H and O–H groups in total. The van der Waals surface area contributed by atoms with Gasteiger partial charge in [-0.1, -0.05) is 0 Å². The first kappa shape index (κ1) is 9.81. The van der Waals surface area contributed by atoms with Gasteiger partial charge in [0.05, 0.1) is 0 Å². The smallest absolute Gasteiger partial charge is 0.0278 e. The quantitative estimate of drug-likeness (QED) is 0.660. The minimum Gasteiger partial charge on any atom is -0.298 e. The molecule has 0 atom stereocenters. The summed E-state index contributed by atoms with van der Waals surface area (Å²) in [6, 6.07) is 1.65. The van der Waals surface area contributed by atoms with Gasteiger partial charge in [0.2, 0.25) is 0 Å². The zero-order valence-electron chi connectivity index (χ0n) is 8.70. The van der Waals surface area contributed by atoms with Crippen molar-refractivity contribution in [1.82, 2.24) is 9.80 Å². The van der Waals surface area contributed by atoms with Gasteiger partial charge in [0.1, 0.15) is 0 Å². The fourth-order valence-corrected chi connectivity index (χ4v) is 2.92. The van der Waals surface area contributed by atoms with Crippen molar-refractivity contribution in [2.45, 2.75) is 25.9 Å². The number of nitrogens with zero attached hydrogens (tertiary/aromatic N) is 2. The fraction of sp³-hybridized carbons (Fsp3) is 1.00. The molecule has 0 bridgehead atoms. The van der Waals surface area contributed by atoms with Crippen molar-refractivity contribution in [3.05, 3.63) is 0 Å². The molecule has 0 radical (unpaired) electrons. The lowest BCUT2D eigenvalue weighted by Crippen LogP contribution is -2.55. The highest BCUT2D eigenvalue weighted by Gasteiger charge is 2.28. The van der Waals surface area contributed by atoms with Gasteiger partial charge in [0.15, 0.2) is 0 Å². The van der Waals surface area contributed by atoms with Crippen LogP contribution in [-0.4, -0.2) is 59.6 Å². The molecule has 2 rings (SSSR count). The van der Waals surface area contributed by atoms with Crippen LogP contribution in [0.1, 0.15) is 13.8 Å². The molecule has 0 aromatic rings. The lowest BCUT2D eigenvalue weighted by molar-refractivity contribution is 0.0883. The Morgan fingerprint density at radius 3 is 2.08 bits per heavy atom. The molecule has 0 aromatic carbocycles. The highest BCUT2D eigenvalue weighted by molar-refractivity contribution is 8.00. The van der Waals surface area contributed by atoms with E-state index in [0.29, 0.717) is 0 Å². The molecule has 0 unspecified atom stereocenters. The molecule has 2 fully saturated rings. The average molecular weight is 200 g/mol. The van der Waals surface area contributed by atoms with Crippen molar-refractivity contribution in [3.8, 4) is 0 Å². The topological polar surface area (TPSA) is 6.48 Å². The molecule has 2 saturated heterocycles. The Bertz CT molecular complexity index is 160. The summed E-state index contributed by atoms with van der Waals surface area (Å²) in [5, 5.41) is 0. The van der Waals surface area contributed by atoms with Gasteiger partial charge in [-0.05, 0) is 13.8 Å². The largest absolute Gasteiger partial charge is 0.298 e. The van der Waals surface area contributed by atoms with Gasteiger partial charge in [0, 0.05) is 49.8 Å². The van der Waals surface area contributed by atoms with Crippen LogP contribution in [0.25, 0.3) is 0 Å². The van der Waals surface area contributed by atoms with Crippen LogP contribution in [0, 0.1) is 0 Å². The molecule has 76 valence electrons. The fourth-order valence-electron chi connectivity index (χ4n) is 2.05. The first-order valence-electron chi connectivity index (χ1n) is 5.33. The van der Waals surface area contributed by atoms with Crippen LogP contribution in [0.5, 0.6) is 0 Å². The second-order valence-corrected chi connectivity index (χ2v) is 5.43. The van der Waals surface area contributed by atoms with Gasteiger partial charge in [-0.25, -0.2) is 0 Å². The first-order chi connectivity index (χ1) is 6.27. The Morgan fingerprint density at radius 1 is 1.08 bits per heavy atom. The van der Waals surface area contributed by atoms with Gasteiger partial charge < -0.3 is 0 Å². The van der Waals surface area contributed by atoms with E-state index in [1.54, 1.807) is 0 Å². The van der Waals surface area contributed by atoms with E-state index in [9.17, 15) is 0 Å². The van der Waals surface area contributed by atoms with Crippen LogP contribution in [0.2, 0.25) is 0 Å². The molecule has 0 saturated carbocycles. The maximum Gasteiger partial charge on any atom is 0.0278 e. The Kier molecular flexibility index (Phi) is 3.17. The Hall–Kier alpha value is 0.270. The maximum atomic E-state index is 2.68. The molecule has 2 aliphatic heterocycles. The normalized spacial score (nSPS) is 27.9. The molecule has 0 aliphatic carbocycles. The number of rotatable bonds is 2. The van der Waals surface area contributed by atoms with Gasteiger partial charge in [-0.15, -0.1) is 0 Å². The van der Waals surface area contributed by atoms with Gasteiger partial charge >= 0.3 is 0 Å². The molecule has 0 amide bonds. The van der Waals surface area contributed by atoms with E-state index in [2.05, 4.69) is 35.4 Å². The molecule has 13 heavy (non-hydrogen) atoms. The summed E-state index contributed by atoms with van der Waals surface area (Å²) in [6.45, 7) is 9.74. The predicted octanol–water partition coefficient (Wildman–Crippen LogP) is 1.13. The molecule has 3 heteroatoms. The number of hydrogen-bond acceptors (Lipinski definition) is 3. The van der Waals surface area contributed by atoms with Gasteiger partial charge in [-0.3, -0.25) is 9.80 Å². The summed E-state index contributed by atoms with van der Waals surface area (Å²) in [7, 11) is 0. The molecule has 2 heterocycles. The average Bonchev–Trinajstić information content (AvgIpc) is 2.02. The highest BCUT2D eigenvalue weighted by Crippen LogP contribution is 2.24. The molecular weight excluding hydrogens is 180 g/mol. The molecule has 2 aliphatic rings. The van der Waals surface area contributed by atoms with E-state index >= 15 is 0 Å². The van der Waals surface area contributed by atoms with Gasteiger partial charge in [0.25, 0.3) is 0 Å². The van der Waals surface area contributed by atoms with E-state index in [0.717, 1.165) is 12.1 Å². The van der Waals surface area contributed by atoms with Crippen LogP contribution in [0.15, 0.2) is 0 Å². The number of thioether (sulfide) groups is 1. The van der Waals surface area contributed by atoms with E-state index in [1.165, 1.54) is 37.7 Å². The molecule has 2 nitrogen and oxygen atoms in total. The summed E-state index contributed by atoms with van der Waals surface area (Å²) in [4.78, 5) is 5.26. The predicted molar refractivity (Wildman–Crippen MR) is 59.4 cm³/mol. The van der Waals surface area contributed by atoms with E-state index in [-0.39, 0.29) is 0 Å². The Labute approximate surface area is 85.7 Å². The minimum absolute atomic E-state index is 0.734. The molecular formula is C10H20N2S. The summed E-state index contributed by atoms with van der Waals surface area (Å²) < 4.78 is 0. The van der Waals surface area contributed by atoms with Crippen LogP contribution in [-0.2, 0) is 0 Å². The van der Waals surface area contributed by atoms with Crippen molar-refractivity contribution >= 4 is 11.8 Å². The van der Waals surface area contributed by atoms with E-state index in [1.807, 2.05) is 0 Å². The third-order valence-corrected chi connectivity index (χ3v) is 4.46. The third-order valence-electron chi connectivity index (χ3n) is 3.22. The zero-order chi connectivity index (χ0) is 9.26. The van der Waals surface area contributed by atoms with Crippen molar-refractivity contribution in [2.24, 2.45) is 0 Å². The standard InChI is InChI=1S/C10H20N2S/c1-9(2)11-3-5-12(6-4-11)10-7-13-8-10/h9-10H,3-8H2,1-2H3. The number of hydrogen-bond donors (Lipinski definition) is 0. The van der Waals surface area contributed by atoms with Crippen molar-refractivity contribution in [1.29, 1.82) is 0 Å². The Balaban J connectivity index is 1.75. The Morgan fingerprint density at radius 2 is 1.69 bits per heavy atom. The summed E-state index contributed by atoms with van der Waals surface area (Å²) >= 11 is 2.09. The molecule has 0 spiro atoms. The first-order valence-corrected chi connectivity index (χ1v) is 6.48. The van der Waals surface area contributed by atoms with Crippen molar-refractivity contribution in [3.63, 3.8) is 0 Å². The zero-order valence-corrected chi connectivity index (χ0v) is 9.52. The van der Waals surface area contributed by atoms with Crippen LogP contribution in [0.4, 0.5) is 0 Å². The van der Waals surface area contributed by atoms with E-state index < -0.39 is 0 Å². The summed E-state index contributed by atoms with van der Waals surface area (Å²) in [5.41, 5.74) is 0. The van der Waals surface area contributed by atoms with Crippen LogP contribution >= 0.6 is 11.8 Å². The number of piperazine rings is 1. The highest BCUT2D eigenvalue weighted by atomic mass is 32.2. The van der Waals surface area contributed by atoms with Crippen molar-refractivity contribution in [2.75, 3.05) is 37.7 Å². The summed E-state index contributed by atoms with van der Waals surface area (Å²) in [5.74, 6) is 2.75. The lowest BCUT2D eigenvalue weighted by atomic mass is 10.2. The molecule has 0 aromatic heterocycles. The van der Waals surface area contributed by atoms with Crippen LogP contribution in [0.3, 0.4) is 0 Å². The van der Waals surface area contributed by atoms with E-state index in [4.69, 9.17) is 0 Å². The second kappa shape index (κ2) is 4.20. The maximum absolute atomic E-state index is 2.68. The van der Waals surface area contributed by atoms with Gasteiger partial charge in [-0.2, -0.15) is 11.8 Å². The lowest BCUT2D eigenvalue weighted by Gasteiger charge is -2.43. The summed E-state index contributed by atoms with van der Waals surface area (Å²) in [6.07, 6.45) is 0.